The average molecular weight is 389 g/mol. The molecule has 0 rings (SSSR count). The predicted molar refractivity (Wildman–Crippen MR) is 28.6 cm³/mol. The Balaban J connectivity index is -0.00000000970. The molecular weight excluding hydrogens is 388 g/mol. The van der Waals surface area contributed by atoms with Gasteiger partial charge in [-0.3, -0.25) is 13.0 Å². The number of rotatable bonds is 0. The molecule has 0 amide bonds. The molecule has 0 saturated carbocycles. The van der Waals surface area contributed by atoms with E-state index in [1.54, 1.807) is 0 Å². The van der Waals surface area contributed by atoms with Crippen LogP contribution in [0.2, 0.25) is 0 Å². The zero-order valence-electron chi connectivity index (χ0n) is 8.58. The van der Waals surface area contributed by atoms with Gasteiger partial charge in [-0.25, -0.2) is 8.42 Å². The Hall–Kier alpha value is 5.22. The third-order valence-electron chi connectivity index (χ3n) is 0. The van der Waals surface area contributed by atoms with Crippen LogP contribution in [0.4, 0.5) is 0 Å². The molecule has 16 heteroatoms. The van der Waals surface area contributed by atoms with E-state index in [-0.39, 0.29) is 173 Å². The average Bonchev–Trinajstić information content (AvgIpc) is 1.12. The molecule has 0 heterocycles. The molecular formula is HCaCl2KNa2O8S2. The van der Waals surface area contributed by atoms with Crippen LogP contribution in [-0.4, -0.2) is 72.8 Å². The van der Waals surface area contributed by atoms with Crippen LogP contribution in [0.5, 0.6) is 0 Å². The van der Waals surface area contributed by atoms with Crippen molar-refractivity contribution in [3.8, 4) is 0 Å². The maximum atomic E-state index is 8.63. The fourth-order valence-electron chi connectivity index (χ4n) is 0. The Morgan fingerprint density at radius 2 is 0.812 bits per heavy atom. The molecule has 0 saturated heterocycles. The fraction of sp³-hybridized carbons (Fsp3) is 0. The fourth-order valence-corrected chi connectivity index (χ4v) is 0. The van der Waals surface area contributed by atoms with Gasteiger partial charge in [-0.1, -0.05) is 0 Å². The van der Waals surface area contributed by atoms with E-state index >= 15 is 0 Å². The zero-order chi connectivity index (χ0) is 9.00. The molecule has 80 valence electrons. The summed E-state index contributed by atoms with van der Waals surface area (Å²) in [5, 5.41) is 0. The third-order valence-corrected chi connectivity index (χ3v) is 0. The molecule has 0 aromatic rings. The van der Waals surface area contributed by atoms with E-state index in [1.165, 1.54) is 0 Å². The first-order valence-corrected chi connectivity index (χ1v) is 4.05. The van der Waals surface area contributed by atoms with Crippen molar-refractivity contribution in [1.82, 2.24) is 0 Å². The van der Waals surface area contributed by atoms with Crippen molar-refractivity contribution in [2.24, 2.45) is 0 Å². The van der Waals surface area contributed by atoms with Crippen LogP contribution in [0, 0.1) is 0 Å². The predicted octanol–water partition coefficient (Wildman–Crippen LogP) is -17.7. The Morgan fingerprint density at radius 3 is 0.812 bits per heavy atom. The van der Waals surface area contributed by atoms with E-state index in [0.29, 0.717) is 0 Å². The smallest absolute Gasteiger partial charge is 1.00 e. The normalized spacial score (nSPS) is 7.25. The Morgan fingerprint density at radius 1 is 0.812 bits per heavy atom. The summed E-state index contributed by atoms with van der Waals surface area (Å²) in [7, 11) is -10.1. The van der Waals surface area contributed by atoms with Gasteiger partial charge >= 0.3 is 148 Å². The summed E-state index contributed by atoms with van der Waals surface area (Å²) in [6.07, 6.45) is 0. The minimum absolute atomic E-state index is 0. The number of hydrogen-bond donors (Lipinski definition) is 1. The molecule has 0 aliphatic carbocycles. The molecule has 1 N–H and O–H groups in total. The van der Waals surface area contributed by atoms with Crippen molar-refractivity contribution in [2.45, 2.75) is 0 Å². The van der Waals surface area contributed by atoms with E-state index in [2.05, 4.69) is 0 Å². The second kappa shape index (κ2) is 25.2. The van der Waals surface area contributed by atoms with Gasteiger partial charge in [0.1, 0.15) is 0 Å². The van der Waals surface area contributed by atoms with Gasteiger partial charge in [0.25, 0.3) is 0 Å². The quantitative estimate of drug-likeness (QED) is 0.243. The van der Waals surface area contributed by atoms with Gasteiger partial charge in [-0.15, -0.1) is 0 Å². The van der Waals surface area contributed by atoms with Gasteiger partial charge in [-0.2, -0.15) is 0 Å². The zero-order valence-corrected chi connectivity index (χ0v) is 21.1. The van der Waals surface area contributed by atoms with E-state index in [4.69, 9.17) is 35.0 Å². The summed E-state index contributed by atoms with van der Waals surface area (Å²) in [5.74, 6) is 0. The van der Waals surface area contributed by atoms with Crippen LogP contribution < -0.4 is 135 Å². The Bertz CT molecular complexity index is 230. The van der Waals surface area contributed by atoms with Crippen molar-refractivity contribution in [3.05, 3.63) is 0 Å². The molecule has 0 aromatic carbocycles. The molecule has 8 nitrogen and oxygen atoms in total. The van der Waals surface area contributed by atoms with Crippen molar-refractivity contribution < 1.29 is 170 Å². The second-order valence-corrected chi connectivity index (χ2v) is 2.51. The number of hydrogen-bond acceptors (Lipinski definition) is 7. The van der Waals surface area contributed by atoms with Crippen molar-refractivity contribution in [2.75, 3.05) is 0 Å². The van der Waals surface area contributed by atoms with E-state index in [1.807, 2.05) is 0 Å². The Kier molecular flexibility index (Phi) is 78.1. The van der Waals surface area contributed by atoms with E-state index < -0.39 is 20.8 Å². The molecule has 0 fully saturated rings. The monoisotopic (exact) mass is 388 g/mol. The van der Waals surface area contributed by atoms with Gasteiger partial charge in [0, 0.05) is 10.4 Å². The topological polar surface area (TPSA) is 158 Å². The summed E-state index contributed by atoms with van der Waals surface area (Å²) < 4.78 is 66.9. The first-order valence-electron chi connectivity index (χ1n) is 1.35. The molecule has 16 heavy (non-hydrogen) atoms. The summed E-state index contributed by atoms with van der Waals surface area (Å²) in [6.45, 7) is 0. The molecule has 0 radical (unpaired) electrons. The van der Waals surface area contributed by atoms with Crippen molar-refractivity contribution >= 4 is 58.5 Å². The second-order valence-electron chi connectivity index (χ2n) is 0.836. The molecule has 0 atom stereocenters. The largest absolute Gasteiger partial charge is 2.00 e. The molecule has 0 unspecified atom stereocenters. The van der Waals surface area contributed by atoms with Gasteiger partial charge < -0.3 is 38.5 Å². The van der Waals surface area contributed by atoms with Gasteiger partial charge in [0.15, 0.2) is 0 Å². The first-order chi connectivity index (χ1) is 4.00. The standard InChI is InChI=1S/Ca.2ClH.K.2Na.2H2O4S/c;;;;;;2*1-5(2,3)4/h;2*1H;;;;2*(H2,1,2,3,4)/q+2;;;3*+1;;/p-5. The summed E-state index contributed by atoms with van der Waals surface area (Å²) in [5.41, 5.74) is 0. The first kappa shape index (κ1) is 49.6. The van der Waals surface area contributed by atoms with E-state index in [9.17, 15) is 0 Å². The SMILES string of the molecule is O=S(=O)([O-])O.O=S(=O)([O-])[O-].[Ca+2].[Cl-].[Cl-].[K+].[Na+].[Na+]. The van der Waals surface area contributed by atoms with E-state index in [0.717, 1.165) is 0 Å². The molecule has 0 aromatic heterocycles. The summed E-state index contributed by atoms with van der Waals surface area (Å²) >= 11 is 0. The van der Waals surface area contributed by atoms with Crippen LogP contribution in [-0.2, 0) is 20.8 Å². The molecule has 0 aliphatic heterocycles. The summed E-state index contributed by atoms with van der Waals surface area (Å²) in [6, 6.07) is 0. The van der Waals surface area contributed by atoms with Gasteiger partial charge in [0.05, 0.1) is 0 Å². The van der Waals surface area contributed by atoms with Crippen molar-refractivity contribution in [1.29, 1.82) is 0 Å². The van der Waals surface area contributed by atoms with Gasteiger partial charge in [0.2, 0.25) is 10.4 Å². The molecule has 0 bridgehead atoms. The summed E-state index contributed by atoms with van der Waals surface area (Å²) in [4.78, 5) is 0. The van der Waals surface area contributed by atoms with Crippen LogP contribution >= 0.6 is 0 Å². The minimum Gasteiger partial charge on any atom is -1.00 e. The minimum atomic E-state index is -5.17. The van der Waals surface area contributed by atoms with Crippen LogP contribution in [0.25, 0.3) is 0 Å². The van der Waals surface area contributed by atoms with Crippen molar-refractivity contribution in [3.63, 3.8) is 0 Å². The maximum absolute atomic E-state index is 8.63. The van der Waals surface area contributed by atoms with Crippen LogP contribution in [0.1, 0.15) is 0 Å². The van der Waals surface area contributed by atoms with Crippen LogP contribution in [0.15, 0.2) is 0 Å². The molecule has 0 spiro atoms. The maximum Gasteiger partial charge on any atom is 2.00 e. The molecule has 0 aliphatic rings. The van der Waals surface area contributed by atoms with Crippen LogP contribution in [0.3, 0.4) is 0 Å². The van der Waals surface area contributed by atoms with Gasteiger partial charge in [-0.05, 0) is 0 Å². The number of halogens is 2. The third kappa shape index (κ3) is 234. The Labute approximate surface area is 223 Å².